The fourth-order valence-corrected chi connectivity index (χ4v) is 2.44. The van der Waals surface area contributed by atoms with Crippen molar-refractivity contribution in [3.05, 3.63) is 29.8 Å². The second-order valence-corrected chi connectivity index (χ2v) is 4.97. The highest BCUT2D eigenvalue weighted by atomic mass is 16.2. The van der Waals surface area contributed by atoms with E-state index in [1.165, 1.54) is 0 Å². The Balaban J connectivity index is 2.18. The fourth-order valence-electron chi connectivity index (χ4n) is 2.44. The highest BCUT2D eigenvalue weighted by Gasteiger charge is 2.39. The van der Waals surface area contributed by atoms with E-state index in [0.29, 0.717) is 12.1 Å². The van der Waals surface area contributed by atoms with Crippen molar-refractivity contribution in [3.8, 4) is 6.07 Å². The number of carbonyl (C=O) groups excluding carboxylic acids is 1. The molecule has 2 rings (SSSR count). The Morgan fingerprint density at radius 1 is 1.56 bits per heavy atom. The van der Waals surface area contributed by atoms with Crippen LogP contribution in [0.25, 0.3) is 0 Å². The van der Waals surface area contributed by atoms with Gasteiger partial charge in [0, 0.05) is 25.8 Å². The summed E-state index contributed by atoms with van der Waals surface area (Å²) in [6.07, 6.45) is 0.837. The van der Waals surface area contributed by atoms with Gasteiger partial charge in [-0.25, -0.2) is 0 Å². The lowest BCUT2D eigenvalue weighted by Gasteiger charge is -2.24. The highest BCUT2D eigenvalue weighted by molar-refractivity contribution is 5.83. The molecule has 1 fully saturated rings. The molecule has 1 amide bonds. The van der Waals surface area contributed by atoms with E-state index < -0.39 is 0 Å². The Labute approximate surface area is 107 Å². The van der Waals surface area contributed by atoms with Crippen molar-refractivity contribution >= 4 is 11.6 Å². The van der Waals surface area contributed by atoms with Crippen LogP contribution in [-0.2, 0) is 4.79 Å². The molecule has 94 valence electrons. The van der Waals surface area contributed by atoms with Crippen molar-refractivity contribution in [1.82, 2.24) is 5.32 Å². The normalized spacial score (nSPS) is 22.6. The molecule has 1 aromatic rings. The van der Waals surface area contributed by atoms with Crippen LogP contribution >= 0.6 is 0 Å². The van der Waals surface area contributed by atoms with Gasteiger partial charge in [-0.2, -0.15) is 5.26 Å². The van der Waals surface area contributed by atoms with Gasteiger partial charge in [-0.3, -0.25) is 4.79 Å². The van der Waals surface area contributed by atoms with E-state index in [0.717, 1.165) is 18.7 Å². The molecule has 4 heteroatoms. The van der Waals surface area contributed by atoms with Gasteiger partial charge >= 0.3 is 0 Å². The predicted octanol–water partition coefficient (Wildman–Crippen LogP) is 1.52. The third-order valence-corrected chi connectivity index (χ3v) is 3.59. The average Bonchev–Trinajstić information content (AvgIpc) is 2.82. The molecule has 1 N–H and O–H groups in total. The highest BCUT2D eigenvalue weighted by Crippen LogP contribution is 2.33. The Bertz CT molecular complexity index is 506. The quantitative estimate of drug-likeness (QED) is 0.856. The first-order valence-electron chi connectivity index (χ1n) is 6.06. The third kappa shape index (κ3) is 2.17. The molecule has 0 saturated carbocycles. The molecule has 1 unspecified atom stereocenters. The lowest BCUT2D eigenvalue weighted by molar-refractivity contribution is -0.128. The van der Waals surface area contributed by atoms with Crippen molar-refractivity contribution in [2.75, 3.05) is 25.0 Å². The Morgan fingerprint density at radius 2 is 2.33 bits per heavy atom. The summed E-state index contributed by atoms with van der Waals surface area (Å²) in [7, 11) is 1.67. The lowest BCUT2D eigenvalue weighted by Crippen LogP contribution is -2.39. The zero-order valence-corrected chi connectivity index (χ0v) is 10.7. The molecule has 18 heavy (non-hydrogen) atoms. The van der Waals surface area contributed by atoms with E-state index in [1.54, 1.807) is 13.1 Å². The number of hydrogen-bond acceptors (Lipinski definition) is 3. The maximum Gasteiger partial charge on any atom is 0.227 e. The van der Waals surface area contributed by atoms with Gasteiger partial charge < -0.3 is 10.2 Å². The molecule has 0 aliphatic carbocycles. The van der Waals surface area contributed by atoms with Crippen LogP contribution in [0.1, 0.15) is 18.9 Å². The largest absolute Gasteiger partial charge is 0.370 e. The van der Waals surface area contributed by atoms with E-state index in [4.69, 9.17) is 5.26 Å². The number of amides is 1. The van der Waals surface area contributed by atoms with Crippen LogP contribution in [-0.4, -0.2) is 26.0 Å². The zero-order chi connectivity index (χ0) is 13.2. The summed E-state index contributed by atoms with van der Waals surface area (Å²) in [4.78, 5) is 14.0. The molecule has 1 aliphatic heterocycles. The Hall–Kier alpha value is -2.02. The lowest BCUT2D eigenvalue weighted by atomic mass is 9.89. The van der Waals surface area contributed by atoms with Crippen molar-refractivity contribution in [2.24, 2.45) is 5.41 Å². The molecule has 1 atom stereocenters. The van der Waals surface area contributed by atoms with Gasteiger partial charge in [0.15, 0.2) is 0 Å². The summed E-state index contributed by atoms with van der Waals surface area (Å²) in [5, 5.41) is 11.6. The van der Waals surface area contributed by atoms with E-state index in [-0.39, 0.29) is 11.3 Å². The van der Waals surface area contributed by atoms with E-state index in [9.17, 15) is 4.79 Å². The molecule has 1 aliphatic rings. The van der Waals surface area contributed by atoms with E-state index >= 15 is 0 Å². The van der Waals surface area contributed by atoms with Gasteiger partial charge in [0.1, 0.15) is 0 Å². The van der Waals surface area contributed by atoms with Gasteiger partial charge in [-0.05, 0) is 31.5 Å². The van der Waals surface area contributed by atoms with Crippen LogP contribution in [0.15, 0.2) is 24.3 Å². The minimum Gasteiger partial charge on any atom is -0.370 e. The summed E-state index contributed by atoms with van der Waals surface area (Å²) < 4.78 is 0. The van der Waals surface area contributed by atoms with E-state index in [1.807, 2.05) is 25.1 Å². The van der Waals surface area contributed by atoms with Gasteiger partial charge in [0.2, 0.25) is 5.91 Å². The van der Waals surface area contributed by atoms with Crippen LogP contribution in [0.5, 0.6) is 0 Å². The molecule has 0 radical (unpaired) electrons. The van der Waals surface area contributed by atoms with Gasteiger partial charge in [-0.1, -0.05) is 6.07 Å². The van der Waals surface area contributed by atoms with Gasteiger partial charge in [0.05, 0.1) is 17.0 Å². The van der Waals surface area contributed by atoms with Gasteiger partial charge in [-0.15, -0.1) is 0 Å². The monoisotopic (exact) mass is 243 g/mol. The Kier molecular flexibility index (Phi) is 3.24. The first kappa shape index (κ1) is 12.4. The SMILES string of the molecule is CNC(=O)C1(C)CCN(c2cccc(C#N)c2)C1. The number of nitrogens with zero attached hydrogens (tertiary/aromatic N) is 2. The summed E-state index contributed by atoms with van der Waals surface area (Å²) in [5.41, 5.74) is 1.33. The summed E-state index contributed by atoms with van der Waals surface area (Å²) in [5.74, 6) is 0.0847. The molecular formula is C14H17N3O. The second-order valence-electron chi connectivity index (χ2n) is 4.97. The molecule has 0 spiro atoms. The smallest absolute Gasteiger partial charge is 0.227 e. The second kappa shape index (κ2) is 4.69. The Morgan fingerprint density at radius 3 is 3.00 bits per heavy atom. The van der Waals surface area contributed by atoms with Crippen LogP contribution in [0.4, 0.5) is 5.69 Å². The number of anilines is 1. The van der Waals surface area contributed by atoms with Crippen molar-refractivity contribution in [2.45, 2.75) is 13.3 Å². The number of nitriles is 1. The first-order chi connectivity index (χ1) is 8.59. The molecule has 4 nitrogen and oxygen atoms in total. The van der Waals surface area contributed by atoms with Crippen molar-refractivity contribution in [3.63, 3.8) is 0 Å². The fraction of sp³-hybridized carbons (Fsp3) is 0.429. The number of rotatable bonds is 2. The van der Waals surface area contributed by atoms with Crippen LogP contribution in [0, 0.1) is 16.7 Å². The topological polar surface area (TPSA) is 56.1 Å². The first-order valence-corrected chi connectivity index (χ1v) is 6.06. The molecule has 1 aromatic carbocycles. The summed E-state index contributed by atoms with van der Waals surface area (Å²) in [6, 6.07) is 9.66. The van der Waals surface area contributed by atoms with Gasteiger partial charge in [0.25, 0.3) is 0 Å². The average molecular weight is 243 g/mol. The number of carbonyl (C=O) groups is 1. The zero-order valence-electron chi connectivity index (χ0n) is 10.7. The molecule has 1 saturated heterocycles. The van der Waals surface area contributed by atoms with Crippen molar-refractivity contribution < 1.29 is 4.79 Å². The van der Waals surface area contributed by atoms with Crippen LogP contribution < -0.4 is 10.2 Å². The third-order valence-electron chi connectivity index (χ3n) is 3.59. The summed E-state index contributed by atoms with van der Waals surface area (Å²) in [6.45, 7) is 3.53. The van der Waals surface area contributed by atoms with Crippen molar-refractivity contribution in [1.29, 1.82) is 5.26 Å². The number of nitrogens with one attached hydrogen (secondary N) is 1. The molecule has 1 heterocycles. The molecule has 0 bridgehead atoms. The molecular weight excluding hydrogens is 226 g/mol. The number of benzene rings is 1. The maximum absolute atomic E-state index is 11.8. The van der Waals surface area contributed by atoms with Crippen LogP contribution in [0.3, 0.4) is 0 Å². The minimum atomic E-state index is -0.336. The van der Waals surface area contributed by atoms with Crippen LogP contribution in [0.2, 0.25) is 0 Å². The maximum atomic E-state index is 11.8. The molecule has 0 aromatic heterocycles. The minimum absolute atomic E-state index is 0.0847. The number of hydrogen-bond donors (Lipinski definition) is 1. The predicted molar refractivity (Wildman–Crippen MR) is 70.2 cm³/mol. The standard InChI is InChI=1S/C14H17N3O/c1-14(13(18)16-2)6-7-17(10-14)12-5-3-4-11(8-12)9-15/h3-5,8H,6-7,10H2,1-2H3,(H,16,18). The van der Waals surface area contributed by atoms with E-state index in [2.05, 4.69) is 16.3 Å². The summed E-state index contributed by atoms with van der Waals surface area (Å²) >= 11 is 0.